The second-order valence-electron chi connectivity index (χ2n) is 5.13. The van der Waals surface area contributed by atoms with E-state index in [0.717, 1.165) is 5.56 Å². The van der Waals surface area contributed by atoms with E-state index in [4.69, 9.17) is 5.11 Å². The van der Waals surface area contributed by atoms with Crippen molar-refractivity contribution in [2.24, 2.45) is 10.2 Å². The number of carbonyl (C=O) groups excluding carboxylic acids is 1. The van der Waals surface area contributed by atoms with Crippen LogP contribution in [-0.2, 0) is 16.0 Å². The number of rotatable bonds is 5. The van der Waals surface area contributed by atoms with E-state index in [0.29, 0.717) is 16.9 Å². The third kappa shape index (κ3) is 4.39. The van der Waals surface area contributed by atoms with Crippen LogP contribution in [0.2, 0.25) is 0 Å². The minimum atomic E-state index is -1.05. The summed E-state index contributed by atoms with van der Waals surface area (Å²) in [7, 11) is 1.30. The maximum absolute atomic E-state index is 11.6. The molecule has 0 heterocycles. The van der Waals surface area contributed by atoms with Gasteiger partial charge in [-0.1, -0.05) is 0 Å². The van der Waals surface area contributed by atoms with Gasteiger partial charge in [-0.25, -0.2) is 4.79 Å². The van der Waals surface area contributed by atoms with Crippen LogP contribution in [0.1, 0.15) is 21.5 Å². The molecule has 7 heteroatoms. The fourth-order valence-corrected chi connectivity index (χ4v) is 2.11. The topological polar surface area (TPSA) is 109 Å². The normalized spacial score (nSPS) is 10.8. The van der Waals surface area contributed by atoms with E-state index in [1.165, 1.54) is 25.3 Å². The molecule has 0 aliphatic carbocycles. The SMILES string of the molecule is COC(=O)c1cc(C)cc(N=Nc2ccc(O)c(CC(=O)O)c2)c1. The summed E-state index contributed by atoms with van der Waals surface area (Å²) in [6.45, 7) is 1.82. The number of methoxy groups -OCH3 is 1. The van der Waals surface area contributed by atoms with Gasteiger partial charge in [-0.15, -0.1) is 0 Å². The zero-order valence-corrected chi connectivity index (χ0v) is 13.2. The number of aromatic hydroxyl groups is 1. The van der Waals surface area contributed by atoms with E-state index in [-0.39, 0.29) is 17.7 Å². The van der Waals surface area contributed by atoms with E-state index in [9.17, 15) is 14.7 Å². The summed E-state index contributed by atoms with van der Waals surface area (Å²) in [5.74, 6) is -1.63. The number of carboxylic acids is 1. The van der Waals surface area contributed by atoms with Crippen LogP contribution < -0.4 is 0 Å². The number of benzene rings is 2. The molecular weight excluding hydrogens is 312 g/mol. The van der Waals surface area contributed by atoms with Gasteiger partial charge in [-0.2, -0.15) is 10.2 Å². The summed E-state index contributed by atoms with van der Waals surface area (Å²) < 4.78 is 4.68. The van der Waals surface area contributed by atoms with E-state index in [1.54, 1.807) is 18.2 Å². The molecule has 0 unspecified atom stereocenters. The first kappa shape index (κ1) is 17.1. The van der Waals surface area contributed by atoms with E-state index < -0.39 is 11.9 Å². The molecule has 0 fully saturated rings. The number of nitrogens with zero attached hydrogens (tertiary/aromatic N) is 2. The number of ether oxygens (including phenoxy) is 1. The molecular formula is C17H16N2O5. The van der Waals surface area contributed by atoms with Gasteiger partial charge < -0.3 is 14.9 Å². The van der Waals surface area contributed by atoms with Crippen molar-refractivity contribution in [3.05, 3.63) is 53.1 Å². The second-order valence-corrected chi connectivity index (χ2v) is 5.13. The Morgan fingerprint density at radius 2 is 1.79 bits per heavy atom. The predicted octanol–water partition coefficient (Wildman–Crippen LogP) is 3.53. The summed E-state index contributed by atoms with van der Waals surface area (Å²) in [5, 5.41) is 26.5. The number of phenolic OH excluding ortho intramolecular Hbond substituents is 1. The Bertz CT molecular complexity index is 815. The van der Waals surface area contributed by atoms with E-state index in [2.05, 4.69) is 15.0 Å². The molecule has 0 atom stereocenters. The summed E-state index contributed by atoms with van der Waals surface area (Å²) in [6, 6.07) is 9.29. The van der Waals surface area contributed by atoms with Gasteiger partial charge in [0.15, 0.2) is 0 Å². The first-order valence-electron chi connectivity index (χ1n) is 7.04. The third-order valence-electron chi connectivity index (χ3n) is 3.17. The number of esters is 1. The zero-order chi connectivity index (χ0) is 17.7. The first-order valence-corrected chi connectivity index (χ1v) is 7.04. The Hall–Kier alpha value is -3.22. The molecule has 2 aromatic carbocycles. The number of hydrogen-bond donors (Lipinski definition) is 2. The third-order valence-corrected chi connectivity index (χ3v) is 3.17. The number of phenols is 1. The summed E-state index contributed by atoms with van der Waals surface area (Å²) in [5.41, 5.74) is 2.29. The molecule has 0 spiro atoms. The highest BCUT2D eigenvalue weighted by molar-refractivity contribution is 5.90. The maximum Gasteiger partial charge on any atom is 0.337 e. The first-order chi connectivity index (χ1) is 11.4. The predicted molar refractivity (Wildman–Crippen MR) is 86.1 cm³/mol. The van der Waals surface area contributed by atoms with Crippen molar-refractivity contribution in [1.29, 1.82) is 0 Å². The molecule has 7 nitrogen and oxygen atoms in total. The molecule has 24 heavy (non-hydrogen) atoms. The lowest BCUT2D eigenvalue weighted by Crippen LogP contribution is -2.00. The molecule has 0 aliphatic heterocycles. The average Bonchev–Trinajstić information content (AvgIpc) is 2.54. The monoisotopic (exact) mass is 328 g/mol. The van der Waals surface area contributed by atoms with Crippen LogP contribution in [0.4, 0.5) is 11.4 Å². The highest BCUT2D eigenvalue weighted by atomic mass is 16.5. The van der Waals surface area contributed by atoms with Crippen LogP contribution in [0.25, 0.3) is 0 Å². The fourth-order valence-electron chi connectivity index (χ4n) is 2.11. The molecule has 124 valence electrons. The minimum Gasteiger partial charge on any atom is -0.508 e. The van der Waals surface area contributed by atoms with Crippen molar-refractivity contribution >= 4 is 23.3 Å². The number of carboxylic acid groups (broad SMARTS) is 1. The molecule has 0 radical (unpaired) electrons. The fraction of sp³-hybridized carbons (Fsp3) is 0.176. The lowest BCUT2D eigenvalue weighted by atomic mass is 10.1. The van der Waals surface area contributed by atoms with Crippen molar-refractivity contribution in [2.45, 2.75) is 13.3 Å². The number of aliphatic carboxylic acids is 1. The van der Waals surface area contributed by atoms with Gasteiger partial charge in [0.1, 0.15) is 5.75 Å². The van der Waals surface area contributed by atoms with Gasteiger partial charge in [-0.05, 0) is 48.9 Å². The summed E-state index contributed by atoms with van der Waals surface area (Å²) in [4.78, 5) is 22.4. The second kappa shape index (κ2) is 7.36. The largest absolute Gasteiger partial charge is 0.508 e. The van der Waals surface area contributed by atoms with Crippen LogP contribution in [-0.4, -0.2) is 29.3 Å². The van der Waals surface area contributed by atoms with Gasteiger partial charge in [0.25, 0.3) is 0 Å². The quantitative estimate of drug-likeness (QED) is 0.644. The number of aryl methyl sites for hydroxylation is 1. The molecule has 0 aromatic heterocycles. The maximum atomic E-state index is 11.6. The van der Waals surface area contributed by atoms with Gasteiger partial charge in [-0.3, -0.25) is 4.79 Å². The molecule has 2 aromatic rings. The molecule has 0 bridgehead atoms. The minimum absolute atomic E-state index is 0.111. The van der Waals surface area contributed by atoms with Crippen molar-refractivity contribution < 1.29 is 24.5 Å². The smallest absolute Gasteiger partial charge is 0.337 e. The van der Waals surface area contributed by atoms with Gasteiger partial charge >= 0.3 is 11.9 Å². The van der Waals surface area contributed by atoms with Gasteiger partial charge in [0, 0.05) is 5.56 Å². The average molecular weight is 328 g/mol. The van der Waals surface area contributed by atoms with Crippen molar-refractivity contribution in [1.82, 2.24) is 0 Å². The van der Waals surface area contributed by atoms with E-state index >= 15 is 0 Å². The lowest BCUT2D eigenvalue weighted by Gasteiger charge is -2.03. The molecule has 0 saturated carbocycles. The van der Waals surface area contributed by atoms with Crippen molar-refractivity contribution in [2.75, 3.05) is 7.11 Å². The molecule has 0 amide bonds. The summed E-state index contributed by atoms with van der Waals surface area (Å²) >= 11 is 0. The Morgan fingerprint density at radius 3 is 2.46 bits per heavy atom. The van der Waals surface area contributed by atoms with Crippen molar-refractivity contribution in [3.63, 3.8) is 0 Å². The van der Waals surface area contributed by atoms with Crippen LogP contribution >= 0.6 is 0 Å². The van der Waals surface area contributed by atoms with Crippen LogP contribution in [0.15, 0.2) is 46.6 Å². The van der Waals surface area contributed by atoms with Gasteiger partial charge in [0.05, 0.1) is 30.5 Å². The van der Waals surface area contributed by atoms with Gasteiger partial charge in [0.2, 0.25) is 0 Å². The lowest BCUT2D eigenvalue weighted by molar-refractivity contribution is -0.136. The van der Waals surface area contributed by atoms with Crippen LogP contribution in [0.5, 0.6) is 5.75 Å². The summed E-state index contributed by atoms with van der Waals surface area (Å²) in [6.07, 6.45) is -0.313. The zero-order valence-electron chi connectivity index (χ0n) is 13.2. The molecule has 0 saturated heterocycles. The molecule has 2 N–H and O–H groups in total. The molecule has 2 rings (SSSR count). The highest BCUT2D eigenvalue weighted by Gasteiger charge is 2.09. The van der Waals surface area contributed by atoms with Crippen LogP contribution in [0.3, 0.4) is 0 Å². The van der Waals surface area contributed by atoms with Crippen molar-refractivity contribution in [3.8, 4) is 5.75 Å². The molecule has 0 aliphatic rings. The Morgan fingerprint density at radius 1 is 1.08 bits per heavy atom. The standard InChI is InChI=1S/C17H16N2O5/c1-10-5-12(17(23)24-2)8-14(6-10)19-18-13-3-4-15(20)11(7-13)9-16(21)22/h3-8,20H,9H2,1-2H3,(H,21,22). The number of hydrogen-bond acceptors (Lipinski definition) is 6. The number of azo groups is 1. The van der Waals surface area contributed by atoms with E-state index in [1.807, 2.05) is 6.92 Å². The Labute approximate surface area is 138 Å². The number of carbonyl (C=O) groups is 2. The van der Waals surface area contributed by atoms with Crippen LogP contribution in [0, 0.1) is 6.92 Å². The highest BCUT2D eigenvalue weighted by Crippen LogP contribution is 2.26. The Kier molecular flexibility index (Phi) is 5.26. The Balaban J connectivity index is 2.29.